The fourth-order valence-electron chi connectivity index (χ4n) is 2.96. The summed E-state index contributed by atoms with van der Waals surface area (Å²) in [7, 11) is 0. The number of nitrogen functional groups attached to an aromatic ring is 1. The van der Waals surface area contributed by atoms with Gasteiger partial charge < -0.3 is 11.1 Å². The Labute approximate surface area is 193 Å². The number of amides is 1. The van der Waals surface area contributed by atoms with Crippen LogP contribution in [0.3, 0.4) is 0 Å². The quantitative estimate of drug-likeness (QED) is 0.356. The number of carbonyl (C=O) groups is 1. The van der Waals surface area contributed by atoms with Gasteiger partial charge in [0.1, 0.15) is 0 Å². The highest BCUT2D eigenvalue weighted by Gasteiger charge is 2.20. The molecule has 1 amide bonds. The fraction of sp³-hybridized carbons (Fsp3) is 0.462. The zero-order valence-corrected chi connectivity index (χ0v) is 20.9. The molecule has 0 aromatic carbocycles. The molecule has 1 aromatic rings. The molecule has 0 saturated carbocycles. The van der Waals surface area contributed by atoms with E-state index < -0.39 is 0 Å². The fourth-order valence-corrected chi connectivity index (χ4v) is 2.96. The second-order valence-electron chi connectivity index (χ2n) is 8.14. The molecule has 1 aromatic heterocycles. The summed E-state index contributed by atoms with van der Waals surface area (Å²) in [5, 5.41) is 2.95. The van der Waals surface area contributed by atoms with Crippen molar-refractivity contribution in [3.8, 4) is 0 Å². The smallest absolute Gasteiger partial charge is 0.273 e. The van der Waals surface area contributed by atoms with E-state index in [4.69, 9.17) is 5.73 Å². The topological polar surface area (TPSA) is 93.3 Å². The lowest BCUT2D eigenvalue weighted by atomic mass is 9.95. The molecule has 32 heavy (non-hydrogen) atoms. The van der Waals surface area contributed by atoms with E-state index in [-0.39, 0.29) is 23.3 Å². The third-order valence-electron chi connectivity index (χ3n) is 5.34. The Morgan fingerprint density at radius 1 is 1.19 bits per heavy atom. The molecule has 0 radical (unpaired) electrons. The molecule has 6 nitrogen and oxygen atoms in total. The average Bonchev–Trinajstić information content (AvgIpc) is 2.76. The predicted octanol–water partition coefficient (Wildman–Crippen LogP) is 5.82. The first-order chi connectivity index (χ1) is 15.2. The minimum atomic E-state index is -0.331. The van der Waals surface area contributed by atoms with Gasteiger partial charge in [-0.1, -0.05) is 50.1 Å². The van der Waals surface area contributed by atoms with Gasteiger partial charge in [-0.2, -0.15) is 0 Å². The zero-order valence-electron chi connectivity index (χ0n) is 20.9. The lowest BCUT2D eigenvalue weighted by Crippen LogP contribution is -2.28. The monoisotopic (exact) mass is 437 g/mol. The van der Waals surface area contributed by atoms with Crippen LogP contribution in [0.25, 0.3) is 5.57 Å². The van der Waals surface area contributed by atoms with E-state index in [1.165, 1.54) is 11.1 Å². The molecule has 0 aliphatic rings. The van der Waals surface area contributed by atoms with Crippen LogP contribution in [0.1, 0.15) is 83.2 Å². The van der Waals surface area contributed by atoms with E-state index in [1.54, 1.807) is 12.4 Å². The predicted molar refractivity (Wildman–Crippen MR) is 137 cm³/mol. The van der Waals surface area contributed by atoms with Gasteiger partial charge >= 0.3 is 0 Å². The average molecular weight is 438 g/mol. The van der Waals surface area contributed by atoms with Crippen molar-refractivity contribution in [1.82, 2.24) is 15.3 Å². The Morgan fingerprint density at radius 3 is 2.44 bits per heavy atom. The largest absolute Gasteiger partial charge is 0.382 e. The Hall–Kier alpha value is -3.02. The molecule has 3 N–H and O–H groups in total. The third kappa shape index (κ3) is 7.91. The van der Waals surface area contributed by atoms with Crippen LogP contribution >= 0.6 is 0 Å². The van der Waals surface area contributed by atoms with Crippen LogP contribution < -0.4 is 11.1 Å². The lowest BCUT2D eigenvalue weighted by Gasteiger charge is -2.16. The molecule has 1 rings (SSSR count). The van der Waals surface area contributed by atoms with Crippen molar-refractivity contribution in [2.24, 2.45) is 10.9 Å². The maximum absolute atomic E-state index is 12.9. The van der Waals surface area contributed by atoms with Crippen LogP contribution in [0.5, 0.6) is 0 Å². The molecular weight excluding hydrogens is 398 g/mol. The van der Waals surface area contributed by atoms with Gasteiger partial charge in [0.15, 0.2) is 11.5 Å². The number of carbonyl (C=O) groups excluding carboxylic acids is 1. The number of aliphatic imine (C=N–C) groups is 1. The molecule has 0 bridgehead atoms. The summed E-state index contributed by atoms with van der Waals surface area (Å²) in [6.07, 6.45) is 11.4. The van der Waals surface area contributed by atoms with Gasteiger partial charge in [0, 0.05) is 24.5 Å². The van der Waals surface area contributed by atoms with Crippen LogP contribution in [0.4, 0.5) is 5.82 Å². The summed E-state index contributed by atoms with van der Waals surface area (Å²) < 4.78 is 0. The van der Waals surface area contributed by atoms with Gasteiger partial charge in [-0.05, 0) is 59.0 Å². The number of aryl methyl sites for hydroxylation is 1. The Balaban J connectivity index is 3.19. The molecule has 0 aliphatic heterocycles. The van der Waals surface area contributed by atoms with Crippen molar-refractivity contribution in [3.05, 3.63) is 58.2 Å². The normalized spacial score (nSPS) is 13.9. The number of nitrogens with one attached hydrogen (secondary N) is 1. The number of anilines is 1. The van der Waals surface area contributed by atoms with Crippen molar-refractivity contribution in [2.45, 2.75) is 68.2 Å². The molecule has 0 saturated heterocycles. The first kappa shape index (κ1) is 27.0. The summed E-state index contributed by atoms with van der Waals surface area (Å²) in [4.78, 5) is 26.2. The standard InChI is InChI=1S/C26H39N5O/c1-9-18(6)21(14-12-13-17(4)5)15-29-26(32)24-25(27)31-23(20(8)30-24)22(16-28-11-3)19(7)10-2/h11-14,16,19H,9-10,15H2,1-8H3,(H2,27,31)(H,29,32)/b14-12-,21-18?,22-16+,28-11?. The lowest BCUT2D eigenvalue weighted by molar-refractivity contribution is 0.0952. The van der Waals surface area contributed by atoms with E-state index in [1.807, 2.05) is 45.9 Å². The number of hydrogen-bond acceptors (Lipinski definition) is 5. The number of hydrogen-bond donors (Lipinski definition) is 2. The number of nitrogens with two attached hydrogens (primary N) is 1. The summed E-state index contributed by atoms with van der Waals surface area (Å²) in [5.74, 6) is 0.0287. The third-order valence-corrected chi connectivity index (χ3v) is 5.34. The van der Waals surface area contributed by atoms with Crippen LogP contribution in [0, 0.1) is 12.8 Å². The minimum absolute atomic E-state index is 0.121. The molecule has 1 atom stereocenters. The van der Waals surface area contributed by atoms with Gasteiger partial charge in [-0.15, -0.1) is 0 Å². The Kier molecular flexibility index (Phi) is 11.3. The first-order valence-electron chi connectivity index (χ1n) is 11.3. The highest BCUT2D eigenvalue weighted by molar-refractivity contribution is 5.96. The molecule has 6 heteroatoms. The maximum atomic E-state index is 12.9. The van der Waals surface area contributed by atoms with Gasteiger partial charge in [0.05, 0.1) is 11.4 Å². The molecule has 1 unspecified atom stereocenters. The van der Waals surface area contributed by atoms with Crippen molar-refractivity contribution in [2.75, 3.05) is 12.3 Å². The Bertz CT molecular complexity index is 947. The SMILES string of the molecule is CC=N/C=C(/c1nc(N)c(C(=O)NCC(/C=C\C=C(C)C)=C(C)CC)nc1C)C(C)CC. The molecule has 0 aliphatic carbocycles. The van der Waals surface area contributed by atoms with Crippen LogP contribution in [-0.2, 0) is 0 Å². The van der Waals surface area contributed by atoms with E-state index in [2.05, 4.69) is 48.0 Å². The molecule has 1 heterocycles. The van der Waals surface area contributed by atoms with Crippen molar-refractivity contribution < 1.29 is 4.79 Å². The van der Waals surface area contributed by atoms with Crippen molar-refractivity contribution >= 4 is 23.5 Å². The minimum Gasteiger partial charge on any atom is -0.382 e. The number of rotatable bonds is 10. The van der Waals surface area contributed by atoms with Gasteiger partial charge in [0.2, 0.25) is 0 Å². The van der Waals surface area contributed by atoms with Crippen molar-refractivity contribution in [1.29, 1.82) is 0 Å². The van der Waals surface area contributed by atoms with Gasteiger partial charge in [-0.25, -0.2) is 9.97 Å². The zero-order chi connectivity index (χ0) is 24.3. The Morgan fingerprint density at radius 2 is 1.88 bits per heavy atom. The van der Waals surface area contributed by atoms with Gasteiger partial charge in [0.25, 0.3) is 5.91 Å². The molecule has 0 fully saturated rings. The number of allylic oxidation sites excluding steroid dienone is 5. The van der Waals surface area contributed by atoms with E-state index in [9.17, 15) is 4.79 Å². The molecule has 0 spiro atoms. The highest BCUT2D eigenvalue weighted by Crippen LogP contribution is 2.27. The van der Waals surface area contributed by atoms with Gasteiger partial charge in [-0.3, -0.25) is 9.79 Å². The highest BCUT2D eigenvalue weighted by atomic mass is 16.1. The second-order valence-corrected chi connectivity index (χ2v) is 8.14. The number of aromatic nitrogens is 2. The molecular formula is C26H39N5O. The summed E-state index contributed by atoms with van der Waals surface area (Å²) in [6.45, 7) is 16.6. The first-order valence-corrected chi connectivity index (χ1v) is 11.3. The number of nitrogens with zero attached hydrogens (tertiary/aromatic N) is 3. The van der Waals surface area contributed by atoms with E-state index in [0.717, 1.165) is 24.0 Å². The van der Waals surface area contributed by atoms with Crippen LogP contribution in [0.2, 0.25) is 0 Å². The van der Waals surface area contributed by atoms with Crippen molar-refractivity contribution in [3.63, 3.8) is 0 Å². The summed E-state index contributed by atoms with van der Waals surface area (Å²) >= 11 is 0. The van der Waals surface area contributed by atoms with E-state index >= 15 is 0 Å². The maximum Gasteiger partial charge on any atom is 0.273 e. The van der Waals surface area contributed by atoms with Crippen LogP contribution in [-0.4, -0.2) is 28.6 Å². The molecule has 174 valence electrons. The van der Waals surface area contributed by atoms with E-state index in [0.29, 0.717) is 17.9 Å². The summed E-state index contributed by atoms with van der Waals surface area (Å²) in [5.41, 5.74) is 12.1. The summed E-state index contributed by atoms with van der Waals surface area (Å²) in [6, 6.07) is 0. The second kappa shape index (κ2) is 13.4. The van der Waals surface area contributed by atoms with Crippen LogP contribution in [0.15, 0.2) is 46.1 Å².